The van der Waals surface area contributed by atoms with Crippen LogP contribution in [-0.4, -0.2) is 25.7 Å². The first kappa shape index (κ1) is 14.7. The Kier molecular flexibility index (Phi) is 4.88. The monoisotopic (exact) mass is 277 g/mol. The zero-order valence-corrected chi connectivity index (χ0v) is 12.5. The summed E-state index contributed by atoms with van der Waals surface area (Å²) >= 11 is 0. The smallest absolute Gasteiger partial charge is 0.220 e. The maximum Gasteiger partial charge on any atom is 0.220 e. The highest BCUT2D eigenvalue weighted by Crippen LogP contribution is 2.33. The first-order valence-corrected chi connectivity index (χ1v) is 7.22. The van der Waals surface area contributed by atoms with E-state index in [1.807, 2.05) is 26.0 Å². The molecule has 20 heavy (non-hydrogen) atoms. The van der Waals surface area contributed by atoms with Crippen LogP contribution in [0.15, 0.2) is 12.1 Å². The van der Waals surface area contributed by atoms with E-state index >= 15 is 0 Å². The normalized spacial score (nSPS) is 13.4. The molecule has 0 aromatic heterocycles. The SMILES string of the molecule is Cc1cc2c(cc1CCNC(=O)CC(C)C)OCCO2. The van der Waals surface area contributed by atoms with Gasteiger partial charge in [0.05, 0.1) is 0 Å². The van der Waals surface area contributed by atoms with Crippen LogP contribution < -0.4 is 14.8 Å². The number of carbonyl (C=O) groups is 1. The summed E-state index contributed by atoms with van der Waals surface area (Å²) in [5.41, 5.74) is 2.37. The molecule has 0 spiro atoms. The molecule has 4 heteroatoms. The van der Waals surface area contributed by atoms with Crippen LogP contribution in [0.25, 0.3) is 0 Å². The van der Waals surface area contributed by atoms with Crippen LogP contribution in [0.2, 0.25) is 0 Å². The summed E-state index contributed by atoms with van der Waals surface area (Å²) in [5, 5.41) is 2.96. The molecule has 0 saturated heterocycles. The van der Waals surface area contributed by atoms with Crippen molar-refractivity contribution in [2.24, 2.45) is 5.92 Å². The van der Waals surface area contributed by atoms with Gasteiger partial charge in [0.25, 0.3) is 0 Å². The summed E-state index contributed by atoms with van der Waals surface area (Å²) in [5.74, 6) is 2.15. The van der Waals surface area contributed by atoms with Gasteiger partial charge in [-0.2, -0.15) is 0 Å². The van der Waals surface area contributed by atoms with E-state index in [1.165, 1.54) is 11.1 Å². The second-order valence-electron chi connectivity index (χ2n) is 5.62. The molecule has 1 aromatic rings. The fourth-order valence-electron chi connectivity index (χ4n) is 2.28. The molecular formula is C16H23NO3. The van der Waals surface area contributed by atoms with Crippen LogP contribution >= 0.6 is 0 Å². The standard InChI is InChI=1S/C16H23NO3/c1-11(2)8-16(18)17-5-4-13-10-15-14(9-12(13)3)19-6-7-20-15/h9-11H,4-8H2,1-3H3,(H,17,18). The third-order valence-corrected chi connectivity index (χ3v) is 3.31. The molecule has 0 atom stereocenters. The second-order valence-corrected chi connectivity index (χ2v) is 5.62. The van der Waals surface area contributed by atoms with Gasteiger partial charge in [-0.25, -0.2) is 0 Å². The number of ether oxygens (including phenoxy) is 2. The maximum absolute atomic E-state index is 11.6. The molecule has 0 bridgehead atoms. The number of nitrogens with one attached hydrogen (secondary N) is 1. The number of hydrogen-bond acceptors (Lipinski definition) is 3. The van der Waals surface area contributed by atoms with Crippen LogP contribution in [0.4, 0.5) is 0 Å². The third kappa shape index (κ3) is 3.89. The summed E-state index contributed by atoms with van der Waals surface area (Å²) in [7, 11) is 0. The van der Waals surface area contributed by atoms with Gasteiger partial charge in [-0.15, -0.1) is 0 Å². The summed E-state index contributed by atoms with van der Waals surface area (Å²) in [6.45, 7) is 8.02. The van der Waals surface area contributed by atoms with E-state index in [2.05, 4.69) is 12.2 Å². The van der Waals surface area contributed by atoms with Gasteiger partial charge >= 0.3 is 0 Å². The van der Waals surface area contributed by atoms with Gasteiger partial charge in [-0.1, -0.05) is 13.8 Å². The molecule has 0 radical (unpaired) electrons. The zero-order chi connectivity index (χ0) is 14.5. The molecule has 1 heterocycles. The largest absolute Gasteiger partial charge is 0.486 e. The van der Waals surface area contributed by atoms with Gasteiger partial charge < -0.3 is 14.8 Å². The van der Waals surface area contributed by atoms with Crippen molar-refractivity contribution in [3.8, 4) is 11.5 Å². The average molecular weight is 277 g/mol. The van der Waals surface area contributed by atoms with E-state index in [0.717, 1.165) is 17.9 Å². The molecule has 0 saturated carbocycles. The number of carbonyl (C=O) groups excluding carboxylic acids is 1. The highest BCUT2D eigenvalue weighted by molar-refractivity contribution is 5.76. The molecule has 4 nitrogen and oxygen atoms in total. The van der Waals surface area contributed by atoms with Gasteiger partial charge in [-0.3, -0.25) is 4.79 Å². The number of fused-ring (bicyclic) bond motifs is 1. The molecule has 1 aromatic carbocycles. The van der Waals surface area contributed by atoms with Crippen molar-refractivity contribution >= 4 is 5.91 Å². The average Bonchev–Trinajstić information content (AvgIpc) is 2.38. The molecule has 0 aliphatic carbocycles. The molecule has 110 valence electrons. The van der Waals surface area contributed by atoms with Crippen molar-refractivity contribution in [2.75, 3.05) is 19.8 Å². The summed E-state index contributed by atoms with van der Waals surface area (Å²) in [6.07, 6.45) is 1.40. The van der Waals surface area contributed by atoms with Crippen molar-refractivity contribution in [3.63, 3.8) is 0 Å². The minimum Gasteiger partial charge on any atom is -0.486 e. The highest BCUT2D eigenvalue weighted by Gasteiger charge is 2.14. The van der Waals surface area contributed by atoms with Gasteiger partial charge in [0.15, 0.2) is 11.5 Å². The summed E-state index contributed by atoms with van der Waals surface area (Å²) < 4.78 is 11.1. The Morgan fingerprint density at radius 2 is 1.90 bits per heavy atom. The Morgan fingerprint density at radius 1 is 1.25 bits per heavy atom. The maximum atomic E-state index is 11.6. The van der Waals surface area contributed by atoms with E-state index in [-0.39, 0.29) is 5.91 Å². The molecule has 1 aliphatic heterocycles. The highest BCUT2D eigenvalue weighted by atomic mass is 16.6. The van der Waals surface area contributed by atoms with Crippen LogP contribution in [-0.2, 0) is 11.2 Å². The lowest BCUT2D eigenvalue weighted by atomic mass is 10.0. The zero-order valence-electron chi connectivity index (χ0n) is 12.5. The van der Waals surface area contributed by atoms with Gasteiger partial charge in [0.1, 0.15) is 13.2 Å². The van der Waals surface area contributed by atoms with E-state index in [0.29, 0.717) is 32.1 Å². The minimum atomic E-state index is 0.121. The van der Waals surface area contributed by atoms with E-state index in [4.69, 9.17) is 9.47 Å². The lowest BCUT2D eigenvalue weighted by molar-refractivity contribution is -0.121. The molecule has 0 unspecified atom stereocenters. The fourth-order valence-corrected chi connectivity index (χ4v) is 2.28. The number of rotatable bonds is 5. The Morgan fingerprint density at radius 3 is 2.55 bits per heavy atom. The second kappa shape index (κ2) is 6.64. The molecule has 0 fully saturated rings. The molecule has 1 amide bonds. The first-order valence-electron chi connectivity index (χ1n) is 7.22. The third-order valence-electron chi connectivity index (χ3n) is 3.31. The first-order chi connectivity index (χ1) is 9.56. The Hall–Kier alpha value is -1.71. The van der Waals surface area contributed by atoms with E-state index < -0.39 is 0 Å². The Balaban J connectivity index is 1.91. The number of hydrogen-bond donors (Lipinski definition) is 1. The van der Waals surface area contributed by atoms with Gasteiger partial charge in [0, 0.05) is 13.0 Å². The van der Waals surface area contributed by atoms with Crippen LogP contribution in [0.1, 0.15) is 31.4 Å². The Bertz CT molecular complexity index is 483. The fraction of sp³-hybridized carbons (Fsp3) is 0.562. The Labute approximate surface area is 120 Å². The van der Waals surface area contributed by atoms with Crippen molar-refractivity contribution in [1.29, 1.82) is 0 Å². The topological polar surface area (TPSA) is 47.6 Å². The number of benzene rings is 1. The van der Waals surface area contributed by atoms with Gasteiger partial charge in [-0.05, 0) is 42.5 Å². The lowest BCUT2D eigenvalue weighted by Crippen LogP contribution is -2.26. The van der Waals surface area contributed by atoms with E-state index in [9.17, 15) is 4.79 Å². The lowest BCUT2D eigenvalue weighted by Gasteiger charge is -2.20. The predicted molar refractivity (Wildman–Crippen MR) is 78.3 cm³/mol. The quantitative estimate of drug-likeness (QED) is 0.899. The van der Waals surface area contributed by atoms with Gasteiger partial charge in [0.2, 0.25) is 5.91 Å². The molecule has 1 N–H and O–H groups in total. The van der Waals surface area contributed by atoms with Crippen molar-refractivity contribution < 1.29 is 14.3 Å². The summed E-state index contributed by atoms with van der Waals surface area (Å²) in [6, 6.07) is 4.04. The van der Waals surface area contributed by atoms with Crippen LogP contribution in [0.3, 0.4) is 0 Å². The van der Waals surface area contributed by atoms with E-state index in [1.54, 1.807) is 0 Å². The predicted octanol–water partition coefficient (Wildman–Crippen LogP) is 2.47. The molecule has 1 aliphatic rings. The van der Waals surface area contributed by atoms with Crippen molar-refractivity contribution in [1.82, 2.24) is 5.32 Å². The molecular weight excluding hydrogens is 254 g/mol. The number of amides is 1. The van der Waals surface area contributed by atoms with Crippen LogP contribution in [0.5, 0.6) is 11.5 Å². The van der Waals surface area contributed by atoms with Crippen molar-refractivity contribution in [2.45, 2.75) is 33.6 Å². The number of aryl methyl sites for hydroxylation is 1. The van der Waals surface area contributed by atoms with Crippen LogP contribution in [0, 0.1) is 12.8 Å². The van der Waals surface area contributed by atoms with Crippen molar-refractivity contribution in [3.05, 3.63) is 23.3 Å². The summed E-state index contributed by atoms with van der Waals surface area (Å²) in [4.78, 5) is 11.6. The minimum absolute atomic E-state index is 0.121. The molecule has 2 rings (SSSR count).